The maximum Gasteiger partial charge on any atom is 0.339 e. The van der Waals surface area contributed by atoms with Crippen LogP contribution in [0.1, 0.15) is 15.9 Å². The lowest BCUT2D eigenvalue weighted by molar-refractivity contribution is 0.0693. The first-order valence-corrected chi connectivity index (χ1v) is 5.79. The first-order valence-electron chi connectivity index (χ1n) is 5.41. The summed E-state index contributed by atoms with van der Waals surface area (Å²) >= 11 is 5.75. The third kappa shape index (κ3) is 2.87. The summed E-state index contributed by atoms with van der Waals surface area (Å²) in [6.07, 6.45) is 0. The maximum absolute atomic E-state index is 13.1. The molecule has 2 aromatic rings. The highest BCUT2D eigenvalue weighted by molar-refractivity contribution is 6.30. The lowest BCUT2D eigenvalue weighted by atomic mass is 10.2. The Kier molecular flexibility index (Phi) is 3.87. The van der Waals surface area contributed by atoms with Gasteiger partial charge in [-0.1, -0.05) is 11.6 Å². The van der Waals surface area contributed by atoms with E-state index in [4.69, 9.17) is 26.7 Å². The Bertz CT molecular complexity index is 725. The van der Waals surface area contributed by atoms with Gasteiger partial charge in [-0.05, 0) is 36.4 Å². The molecule has 2 rings (SSSR count). The quantitative estimate of drug-likeness (QED) is 0.932. The van der Waals surface area contributed by atoms with E-state index in [0.717, 1.165) is 12.1 Å². The second-order valence-corrected chi connectivity index (χ2v) is 4.24. The number of benzene rings is 2. The second-order valence-electron chi connectivity index (χ2n) is 3.80. The standard InChI is InChI=1S/C14H7ClFNO3/c15-9-1-3-12(8(5-9)7-17)20-13-4-2-10(16)6-11(13)14(18)19/h1-6H,(H,18,19). The Labute approximate surface area is 118 Å². The molecule has 100 valence electrons. The van der Waals surface area contributed by atoms with E-state index in [1.807, 2.05) is 6.07 Å². The van der Waals surface area contributed by atoms with Crippen LogP contribution in [0.4, 0.5) is 4.39 Å². The topological polar surface area (TPSA) is 70.3 Å². The molecular weight excluding hydrogens is 285 g/mol. The molecule has 0 amide bonds. The van der Waals surface area contributed by atoms with E-state index in [0.29, 0.717) is 5.02 Å². The van der Waals surface area contributed by atoms with Crippen LogP contribution in [0.25, 0.3) is 0 Å². The van der Waals surface area contributed by atoms with Crippen LogP contribution in [0.2, 0.25) is 5.02 Å². The summed E-state index contributed by atoms with van der Waals surface area (Å²) in [5, 5.41) is 18.3. The summed E-state index contributed by atoms with van der Waals surface area (Å²) in [4.78, 5) is 11.0. The minimum atomic E-state index is -1.33. The van der Waals surface area contributed by atoms with Crippen molar-refractivity contribution in [1.82, 2.24) is 0 Å². The summed E-state index contributed by atoms with van der Waals surface area (Å²) in [5.41, 5.74) is -0.179. The van der Waals surface area contributed by atoms with E-state index in [2.05, 4.69) is 0 Å². The lowest BCUT2D eigenvalue weighted by Crippen LogP contribution is -2.01. The average molecular weight is 292 g/mol. The van der Waals surface area contributed by atoms with Crippen LogP contribution in [-0.4, -0.2) is 11.1 Å². The second kappa shape index (κ2) is 5.59. The van der Waals surface area contributed by atoms with Crippen molar-refractivity contribution in [2.75, 3.05) is 0 Å². The molecule has 20 heavy (non-hydrogen) atoms. The van der Waals surface area contributed by atoms with E-state index in [9.17, 15) is 9.18 Å². The van der Waals surface area contributed by atoms with Gasteiger partial charge in [0.25, 0.3) is 0 Å². The van der Waals surface area contributed by atoms with Crippen LogP contribution in [0.3, 0.4) is 0 Å². The van der Waals surface area contributed by atoms with Gasteiger partial charge in [0.05, 0.1) is 5.56 Å². The summed E-state index contributed by atoms with van der Waals surface area (Å²) in [6, 6.07) is 9.33. The highest BCUT2D eigenvalue weighted by atomic mass is 35.5. The Hall–Kier alpha value is -2.58. The van der Waals surface area contributed by atoms with Crippen LogP contribution in [0.5, 0.6) is 11.5 Å². The van der Waals surface area contributed by atoms with Gasteiger partial charge in [0.15, 0.2) is 0 Å². The zero-order valence-electron chi connectivity index (χ0n) is 9.93. The molecular formula is C14H7ClFNO3. The molecule has 0 atom stereocenters. The number of hydrogen-bond donors (Lipinski definition) is 1. The van der Waals surface area contributed by atoms with Gasteiger partial charge in [-0.2, -0.15) is 5.26 Å². The van der Waals surface area contributed by atoms with Crippen molar-refractivity contribution in [2.45, 2.75) is 0 Å². The van der Waals surface area contributed by atoms with Gasteiger partial charge >= 0.3 is 5.97 Å². The Morgan fingerprint density at radius 1 is 1.25 bits per heavy atom. The Morgan fingerprint density at radius 3 is 2.60 bits per heavy atom. The van der Waals surface area contributed by atoms with E-state index in [-0.39, 0.29) is 22.6 Å². The largest absolute Gasteiger partial charge is 0.478 e. The minimum absolute atomic E-state index is 0.0577. The molecule has 0 spiro atoms. The molecule has 0 saturated carbocycles. The fraction of sp³-hybridized carbons (Fsp3) is 0. The van der Waals surface area contributed by atoms with Gasteiger partial charge in [-0.25, -0.2) is 9.18 Å². The number of ether oxygens (including phenoxy) is 1. The number of nitrogens with zero attached hydrogens (tertiary/aromatic N) is 1. The Morgan fingerprint density at radius 2 is 1.95 bits per heavy atom. The van der Waals surface area contributed by atoms with Crippen LogP contribution in [0.15, 0.2) is 36.4 Å². The predicted octanol–water partition coefficient (Wildman–Crippen LogP) is 3.84. The summed E-state index contributed by atoms with van der Waals surface area (Å²) in [7, 11) is 0. The van der Waals surface area contributed by atoms with E-state index in [1.165, 1.54) is 24.3 Å². The van der Waals surface area contributed by atoms with Gasteiger partial charge in [-0.15, -0.1) is 0 Å². The first kappa shape index (κ1) is 13.8. The smallest absolute Gasteiger partial charge is 0.339 e. The normalized spacial score (nSPS) is 9.85. The molecule has 0 radical (unpaired) electrons. The van der Waals surface area contributed by atoms with E-state index in [1.54, 1.807) is 0 Å². The molecule has 0 aliphatic rings. The van der Waals surface area contributed by atoms with Gasteiger partial charge < -0.3 is 9.84 Å². The van der Waals surface area contributed by atoms with E-state index < -0.39 is 11.8 Å². The monoisotopic (exact) mass is 291 g/mol. The van der Waals surface area contributed by atoms with Gasteiger partial charge in [0.2, 0.25) is 0 Å². The fourth-order valence-electron chi connectivity index (χ4n) is 1.56. The average Bonchev–Trinajstić information content (AvgIpc) is 2.42. The highest BCUT2D eigenvalue weighted by Gasteiger charge is 2.15. The molecule has 4 nitrogen and oxygen atoms in total. The fourth-order valence-corrected chi connectivity index (χ4v) is 1.73. The molecule has 0 fully saturated rings. The number of rotatable bonds is 3. The zero-order chi connectivity index (χ0) is 14.7. The zero-order valence-corrected chi connectivity index (χ0v) is 10.7. The molecule has 6 heteroatoms. The van der Waals surface area contributed by atoms with Crippen LogP contribution in [-0.2, 0) is 0 Å². The van der Waals surface area contributed by atoms with Crippen molar-refractivity contribution >= 4 is 17.6 Å². The number of carboxylic acid groups (broad SMARTS) is 1. The summed E-state index contributed by atoms with van der Waals surface area (Å²) < 4.78 is 18.4. The number of halogens is 2. The van der Waals surface area contributed by atoms with Crippen LogP contribution < -0.4 is 4.74 Å². The van der Waals surface area contributed by atoms with Crippen molar-refractivity contribution in [3.05, 3.63) is 58.4 Å². The van der Waals surface area contributed by atoms with Crippen molar-refractivity contribution < 1.29 is 19.0 Å². The Balaban J connectivity index is 2.45. The van der Waals surface area contributed by atoms with Crippen LogP contribution >= 0.6 is 11.6 Å². The number of carboxylic acids is 1. The maximum atomic E-state index is 13.1. The molecule has 0 unspecified atom stereocenters. The van der Waals surface area contributed by atoms with Crippen molar-refractivity contribution in [2.24, 2.45) is 0 Å². The number of hydrogen-bond acceptors (Lipinski definition) is 3. The molecule has 0 heterocycles. The molecule has 0 aliphatic carbocycles. The van der Waals surface area contributed by atoms with Gasteiger partial charge in [-0.3, -0.25) is 0 Å². The minimum Gasteiger partial charge on any atom is -0.478 e. The third-order valence-electron chi connectivity index (χ3n) is 2.45. The molecule has 2 aromatic carbocycles. The molecule has 1 N–H and O–H groups in total. The molecule has 0 aliphatic heterocycles. The molecule has 0 saturated heterocycles. The van der Waals surface area contributed by atoms with Crippen molar-refractivity contribution in [3.63, 3.8) is 0 Å². The molecule has 0 bridgehead atoms. The third-order valence-corrected chi connectivity index (χ3v) is 2.69. The highest BCUT2D eigenvalue weighted by Crippen LogP contribution is 2.30. The number of nitriles is 1. The SMILES string of the molecule is N#Cc1cc(Cl)ccc1Oc1ccc(F)cc1C(=O)O. The van der Waals surface area contributed by atoms with Crippen LogP contribution in [0, 0.1) is 17.1 Å². The number of carbonyl (C=O) groups is 1. The van der Waals surface area contributed by atoms with Gasteiger partial charge in [0, 0.05) is 5.02 Å². The van der Waals surface area contributed by atoms with Gasteiger partial charge in [0.1, 0.15) is 28.9 Å². The van der Waals surface area contributed by atoms with Crippen molar-refractivity contribution in [3.8, 4) is 17.6 Å². The van der Waals surface area contributed by atoms with E-state index >= 15 is 0 Å². The summed E-state index contributed by atoms with van der Waals surface area (Å²) in [5.74, 6) is -1.93. The lowest BCUT2D eigenvalue weighted by Gasteiger charge is -2.10. The number of aromatic carboxylic acids is 1. The molecule has 0 aromatic heterocycles. The summed E-state index contributed by atoms with van der Waals surface area (Å²) in [6.45, 7) is 0. The van der Waals surface area contributed by atoms with Crippen molar-refractivity contribution in [1.29, 1.82) is 5.26 Å². The first-order chi connectivity index (χ1) is 9.51. The predicted molar refractivity (Wildman–Crippen MR) is 69.6 cm³/mol.